The first-order valence-corrected chi connectivity index (χ1v) is 14.3. The van der Waals surface area contributed by atoms with Crippen molar-refractivity contribution in [3.63, 3.8) is 0 Å². The molecule has 0 unspecified atom stereocenters. The third kappa shape index (κ3) is 10.4. The predicted molar refractivity (Wildman–Crippen MR) is 164 cm³/mol. The summed E-state index contributed by atoms with van der Waals surface area (Å²) in [7, 11) is 1.92. The quantitative estimate of drug-likeness (QED) is 0.339. The summed E-state index contributed by atoms with van der Waals surface area (Å²) < 4.78 is 0. The van der Waals surface area contributed by atoms with Crippen LogP contribution in [0.25, 0.3) is 0 Å². The maximum atomic E-state index is 12.4. The topological polar surface area (TPSA) is 81.7 Å². The van der Waals surface area contributed by atoms with E-state index in [1.807, 2.05) is 20.9 Å². The molecule has 1 aliphatic heterocycles. The van der Waals surface area contributed by atoms with Crippen molar-refractivity contribution < 1.29 is 14.7 Å². The summed E-state index contributed by atoms with van der Waals surface area (Å²) in [6.07, 6.45) is 9.20. The van der Waals surface area contributed by atoms with E-state index in [9.17, 15) is 14.7 Å². The van der Waals surface area contributed by atoms with Gasteiger partial charge in [0.05, 0.1) is 5.56 Å². The van der Waals surface area contributed by atoms with Crippen LogP contribution in [0, 0.1) is 12.3 Å². The Morgan fingerprint density at radius 2 is 1.63 bits per heavy atom. The molecule has 0 radical (unpaired) electrons. The number of allylic oxidation sites excluding steroid dienone is 2. The molecule has 1 saturated heterocycles. The summed E-state index contributed by atoms with van der Waals surface area (Å²) in [6.45, 7) is 18.7. The largest absolute Gasteiger partial charge is 0.478 e. The minimum atomic E-state index is -0.936. The van der Waals surface area contributed by atoms with Crippen molar-refractivity contribution in [1.82, 2.24) is 4.90 Å². The van der Waals surface area contributed by atoms with E-state index in [-0.39, 0.29) is 11.4 Å². The van der Waals surface area contributed by atoms with Gasteiger partial charge in [-0.15, -0.1) is 11.3 Å². The molecule has 2 amide bonds. The standard InChI is InChI=1S/C17H24N2O3S.C8H11N.C4H6.C2H6/c1-17(2)7-6-12-11(10-17)13(15(20)21)14(23-12)18-16(22)19-8-4-3-5-9-19;1-7-3-5-8(9-2)6-4-7;1-3-4-2;1-2/h3-10H2,1-2H3,(H,18,22)(H,20,21);3-6,9H,1-2H3;3-4H,1-2H2;1-2H3. The molecule has 4 rings (SSSR count). The highest BCUT2D eigenvalue weighted by Crippen LogP contribution is 2.43. The molecular weight excluding hydrogens is 494 g/mol. The molecule has 38 heavy (non-hydrogen) atoms. The number of amides is 2. The number of aryl methyl sites for hydroxylation is 2. The molecule has 0 bridgehead atoms. The van der Waals surface area contributed by atoms with Gasteiger partial charge in [-0.3, -0.25) is 5.32 Å². The third-order valence-corrected chi connectivity index (χ3v) is 7.57. The maximum absolute atomic E-state index is 12.4. The first kappa shape index (κ1) is 33.0. The average molecular weight is 542 g/mol. The molecule has 1 aromatic carbocycles. The lowest BCUT2D eigenvalue weighted by atomic mass is 9.76. The van der Waals surface area contributed by atoms with Gasteiger partial charge in [-0.05, 0) is 68.6 Å². The van der Waals surface area contributed by atoms with Gasteiger partial charge in [0.25, 0.3) is 0 Å². The van der Waals surface area contributed by atoms with E-state index in [0.717, 1.165) is 62.1 Å². The van der Waals surface area contributed by atoms with Crippen molar-refractivity contribution in [2.75, 3.05) is 30.8 Å². The molecule has 6 nitrogen and oxygen atoms in total. The molecule has 210 valence electrons. The average Bonchev–Trinajstić information content (AvgIpc) is 3.27. The number of carbonyl (C=O) groups is 2. The smallest absolute Gasteiger partial charge is 0.339 e. The number of piperidine rings is 1. The monoisotopic (exact) mass is 541 g/mol. The second-order valence-electron chi connectivity index (χ2n) is 9.92. The molecule has 1 aromatic heterocycles. The molecule has 0 atom stereocenters. The number of rotatable bonds is 4. The number of benzene rings is 1. The van der Waals surface area contributed by atoms with Gasteiger partial charge in [-0.25, -0.2) is 9.59 Å². The summed E-state index contributed by atoms with van der Waals surface area (Å²) in [5.74, 6) is -0.936. The van der Waals surface area contributed by atoms with Crippen LogP contribution in [-0.4, -0.2) is 42.1 Å². The second kappa shape index (κ2) is 16.7. The van der Waals surface area contributed by atoms with Crippen LogP contribution in [0.1, 0.15) is 79.7 Å². The molecule has 2 heterocycles. The van der Waals surface area contributed by atoms with Crippen LogP contribution in [0.3, 0.4) is 0 Å². The summed E-state index contributed by atoms with van der Waals surface area (Å²) >= 11 is 1.44. The van der Waals surface area contributed by atoms with E-state index in [1.165, 1.54) is 22.6 Å². The van der Waals surface area contributed by atoms with Crippen LogP contribution in [0.15, 0.2) is 49.6 Å². The first-order valence-electron chi connectivity index (χ1n) is 13.5. The Hall–Kier alpha value is -3.06. The summed E-state index contributed by atoms with van der Waals surface area (Å²) in [6, 6.07) is 8.15. The number of nitrogens with one attached hydrogen (secondary N) is 2. The van der Waals surface area contributed by atoms with Crippen molar-refractivity contribution in [3.05, 3.63) is 71.1 Å². The van der Waals surface area contributed by atoms with Crippen molar-refractivity contribution in [2.24, 2.45) is 5.41 Å². The van der Waals surface area contributed by atoms with Gasteiger partial charge in [0.15, 0.2) is 0 Å². The van der Waals surface area contributed by atoms with Crippen LogP contribution in [0.2, 0.25) is 0 Å². The fraction of sp³-hybridized carbons (Fsp3) is 0.484. The zero-order chi connectivity index (χ0) is 28.7. The minimum Gasteiger partial charge on any atom is -0.478 e. The van der Waals surface area contributed by atoms with Crippen molar-refractivity contribution in [2.45, 2.75) is 73.1 Å². The molecule has 0 spiro atoms. The van der Waals surface area contributed by atoms with Crippen molar-refractivity contribution in [1.29, 1.82) is 0 Å². The molecule has 3 N–H and O–H groups in total. The van der Waals surface area contributed by atoms with Gasteiger partial charge in [-0.2, -0.15) is 0 Å². The number of aromatic carboxylic acids is 1. The number of hydrogen-bond donors (Lipinski definition) is 3. The molecule has 2 aromatic rings. The van der Waals surface area contributed by atoms with Crippen molar-refractivity contribution >= 4 is 34.0 Å². The highest BCUT2D eigenvalue weighted by atomic mass is 32.1. The number of carbonyl (C=O) groups excluding carboxylic acids is 1. The summed E-state index contributed by atoms with van der Waals surface area (Å²) in [4.78, 5) is 27.1. The fourth-order valence-electron chi connectivity index (χ4n) is 4.23. The maximum Gasteiger partial charge on any atom is 0.339 e. The van der Waals surface area contributed by atoms with Crippen LogP contribution in [0.5, 0.6) is 0 Å². The lowest BCUT2D eigenvalue weighted by Gasteiger charge is -2.29. The number of nitrogens with zero attached hydrogens (tertiary/aromatic N) is 1. The number of thiophene rings is 1. The molecule has 2 aliphatic rings. The highest BCUT2D eigenvalue weighted by Gasteiger charge is 2.33. The minimum absolute atomic E-state index is 0.117. The number of urea groups is 1. The van der Waals surface area contributed by atoms with E-state index in [0.29, 0.717) is 10.6 Å². The highest BCUT2D eigenvalue weighted by molar-refractivity contribution is 7.17. The summed E-state index contributed by atoms with van der Waals surface area (Å²) in [5, 5.41) is 16.1. The molecular formula is C31H47N3O3S. The van der Waals surface area contributed by atoms with Gasteiger partial charge in [-0.1, -0.05) is 70.7 Å². The fourth-order valence-corrected chi connectivity index (χ4v) is 5.43. The van der Waals surface area contributed by atoms with E-state index in [4.69, 9.17) is 0 Å². The zero-order valence-corrected chi connectivity index (χ0v) is 25.0. The molecule has 1 aliphatic carbocycles. The molecule has 1 fully saturated rings. The normalized spacial score (nSPS) is 14.9. The number of hydrogen-bond acceptors (Lipinski definition) is 4. The Labute approximate surface area is 233 Å². The van der Waals surface area contributed by atoms with Crippen molar-refractivity contribution in [3.8, 4) is 0 Å². The third-order valence-electron chi connectivity index (χ3n) is 6.36. The summed E-state index contributed by atoms with van der Waals surface area (Å²) in [5.41, 5.74) is 3.82. The van der Waals surface area contributed by atoms with E-state index in [1.54, 1.807) is 17.1 Å². The van der Waals surface area contributed by atoms with E-state index >= 15 is 0 Å². The number of likely N-dealkylation sites (tertiary alicyclic amines) is 1. The van der Waals surface area contributed by atoms with E-state index < -0.39 is 5.97 Å². The van der Waals surface area contributed by atoms with Gasteiger partial charge in [0.1, 0.15) is 5.00 Å². The second-order valence-corrected chi connectivity index (χ2v) is 11.0. The number of carboxylic acid groups (broad SMARTS) is 1. The van der Waals surface area contributed by atoms with Crippen LogP contribution >= 0.6 is 11.3 Å². The van der Waals surface area contributed by atoms with Crippen LogP contribution in [0.4, 0.5) is 15.5 Å². The molecule has 0 saturated carbocycles. The lowest BCUT2D eigenvalue weighted by molar-refractivity contribution is 0.0696. The Kier molecular flexibility index (Phi) is 14.5. The lowest BCUT2D eigenvalue weighted by Crippen LogP contribution is -2.38. The Balaban J connectivity index is 0.000000398. The Bertz CT molecular complexity index is 1030. The SMILES string of the molecule is C=CC=C.CC.CC1(C)CCc2sc(NC(=O)N3CCCCC3)c(C(=O)O)c2C1.CNc1ccc(C)cc1. The Morgan fingerprint density at radius 1 is 1.05 bits per heavy atom. The first-order chi connectivity index (χ1) is 18.1. The van der Waals surface area contributed by atoms with E-state index in [2.05, 4.69) is 68.8 Å². The zero-order valence-electron chi connectivity index (χ0n) is 24.2. The van der Waals surface area contributed by atoms with Crippen LogP contribution in [-0.2, 0) is 12.8 Å². The van der Waals surface area contributed by atoms with Gasteiger partial charge in [0.2, 0.25) is 0 Å². The predicted octanol–water partition coefficient (Wildman–Crippen LogP) is 8.40. The van der Waals surface area contributed by atoms with Gasteiger partial charge >= 0.3 is 12.0 Å². The number of anilines is 2. The van der Waals surface area contributed by atoms with Crippen LogP contribution < -0.4 is 10.6 Å². The number of fused-ring (bicyclic) bond motifs is 1. The van der Waals surface area contributed by atoms with Gasteiger partial charge in [0, 0.05) is 30.7 Å². The Morgan fingerprint density at radius 3 is 2.13 bits per heavy atom. The van der Waals surface area contributed by atoms with Gasteiger partial charge < -0.3 is 15.3 Å². The molecule has 7 heteroatoms. The number of carboxylic acids is 1.